The van der Waals surface area contributed by atoms with Crippen molar-refractivity contribution >= 4 is 6.34 Å². The van der Waals surface area contributed by atoms with E-state index in [1.807, 2.05) is 24.1 Å². The predicted octanol–water partition coefficient (Wildman–Crippen LogP) is 1.02. The third-order valence-electron chi connectivity index (χ3n) is 1.47. The summed E-state index contributed by atoms with van der Waals surface area (Å²) in [6, 6.07) is 3.86. The fourth-order valence-electron chi connectivity index (χ4n) is 0.945. The van der Waals surface area contributed by atoms with E-state index in [9.17, 15) is 0 Å². The van der Waals surface area contributed by atoms with Crippen LogP contribution in [0.3, 0.4) is 0 Å². The average molecular weight is 174 g/mol. The summed E-state index contributed by atoms with van der Waals surface area (Å²) in [5.74, 6) is 0. The Balaban J connectivity index is 2.51. The molecule has 0 unspecified atom stereocenters. The van der Waals surface area contributed by atoms with Crippen molar-refractivity contribution in [3.05, 3.63) is 30.1 Å². The standard InChI is InChI=1S/C9H10N4/c1-13(8-12-7-10)6-9-3-2-4-11-5-9/h2-5,8H,6H2,1H3. The van der Waals surface area contributed by atoms with Crippen molar-refractivity contribution in [1.82, 2.24) is 9.88 Å². The van der Waals surface area contributed by atoms with Crippen LogP contribution in [0.15, 0.2) is 29.5 Å². The van der Waals surface area contributed by atoms with E-state index in [4.69, 9.17) is 5.26 Å². The molecule has 0 saturated carbocycles. The van der Waals surface area contributed by atoms with Crippen LogP contribution in [0.1, 0.15) is 5.56 Å². The fourth-order valence-corrected chi connectivity index (χ4v) is 0.945. The Kier molecular flexibility index (Phi) is 3.45. The van der Waals surface area contributed by atoms with Gasteiger partial charge in [0.1, 0.15) is 6.34 Å². The van der Waals surface area contributed by atoms with Gasteiger partial charge in [0.2, 0.25) is 6.19 Å². The van der Waals surface area contributed by atoms with Crippen molar-refractivity contribution < 1.29 is 0 Å². The number of pyridine rings is 1. The quantitative estimate of drug-likeness (QED) is 0.390. The molecule has 0 N–H and O–H groups in total. The summed E-state index contributed by atoms with van der Waals surface area (Å²) >= 11 is 0. The molecule has 0 atom stereocenters. The van der Waals surface area contributed by atoms with E-state index in [0.29, 0.717) is 6.54 Å². The molecule has 1 aromatic heterocycles. The largest absolute Gasteiger partial charge is 0.361 e. The highest BCUT2D eigenvalue weighted by atomic mass is 15.1. The zero-order valence-electron chi connectivity index (χ0n) is 7.38. The van der Waals surface area contributed by atoms with E-state index in [2.05, 4.69) is 9.98 Å². The number of nitrogens with zero attached hydrogens (tertiary/aromatic N) is 4. The lowest BCUT2D eigenvalue weighted by molar-refractivity contribution is 0.515. The molecule has 0 saturated heterocycles. The minimum absolute atomic E-state index is 0.707. The highest BCUT2D eigenvalue weighted by Gasteiger charge is 1.94. The number of aliphatic imine (C=N–C) groups is 1. The molecule has 0 aliphatic rings. The molecule has 0 radical (unpaired) electrons. The average Bonchev–Trinajstić information content (AvgIpc) is 2.16. The van der Waals surface area contributed by atoms with Gasteiger partial charge in [0.15, 0.2) is 0 Å². The number of hydrogen-bond donors (Lipinski definition) is 0. The second-order valence-electron chi connectivity index (χ2n) is 2.62. The van der Waals surface area contributed by atoms with E-state index in [1.54, 1.807) is 18.6 Å². The van der Waals surface area contributed by atoms with Crippen LogP contribution >= 0.6 is 0 Å². The molecule has 0 amide bonds. The molecule has 1 rings (SSSR count). The number of nitriles is 1. The lowest BCUT2D eigenvalue weighted by Gasteiger charge is -2.10. The van der Waals surface area contributed by atoms with Crippen LogP contribution < -0.4 is 0 Å². The first-order chi connectivity index (χ1) is 6.33. The van der Waals surface area contributed by atoms with E-state index >= 15 is 0 Å². The predicted molar refractivity (Wildman–Crippen MR) is 49.8 cm³/mol. The minimum Gasteiger partial charge on any atom is -0.361 e. The van der Waals surface area contributed by atoms with Gasteiger partial charge in [-0.1, -0.05) is 6.07 Å². The summed E-state index contributed by atoms with van der Waals surface area (Å²) in [7, 11) is 1.86. The molecule has 1 aromatic rings. The third kappa shape index (κ3) is 3.34. The van der Waals surface area contributed by atoms with Crippen LogP contribution in [0, 0.1) is 11.5 Å². The topological polar surface area (TPSA) is 52.3 Å². The van der Waals surface area contributed by atoms with Crippen LogP contribution in [0.2, 0.25) is 0 Å². The number of rotatable bonds is 3. The Morgan fingerprint density at radius 1 is 1.77 bits per heavy atom. The number of hydrogen-bond acceptors (Lipinski definition) is 3. The molecule has 1 heterocycles. The summed E-state index contributed by atoms with van der Waals surface area (Å²) in [5.41, 5.74) is 1.09. The molecule has 13 heavy (non-hydrogen) atoms. The molecule has 0 aliphatic carbocycles. The monoisotopic (exact) mass is 174 g/mol. The zero-order valence-corrected chi connectivity index (χ0v) is 7.38. The van der Waals surface area contributed by atoms with Gasteiger partial charge in [0.05, 0.1) is 0 Å². The van der Waals surface area contributed by atoms with Crippen LogP contribution in [0.5, 0.6) is 0 Å². The van der Waals surface area contributed by atoms with E-state index < -0.39 is 0 Å². The maximum atomic E-state index is 8.19. The lowest BCUT2D eigenvalue weighted by Crippen LogP contribution is -2.15. The van der Waals surface area contributed by atoms with Crippen LogP contribution in [-0.2, 0) is 6.54 Å². The van der Waals surface area contributed by atoms with Crippen molar-refractivity contribution in [3.63, 3.8) is 0 Å². The fraction of sp³-hybridized carbons (Fsp3) is 0.222. The summed E-state index contributed by atoms with van der Waals surface area (Å²) in [6.45, 7) is 0.707. The van der Waals surface area contributed by atoms with Gasteiger partial charge < -0.3 is 4.90 Å². The SMILES string of the molecule is CN(C=NC#N)Cc1cccnc1. The number of aromatic nitrogens is 1. The van der Waals surface area contributed by atoms with Gasteiger partial charge in [-0.05, 0) is 11.6 Å². The molecule has 0 fully saturated rings. The summed E-state index contributed by atoms with van der Waals surface area (Å²) in [5, 5.41) is 8.19. The van der Waals surface area contributed by atoms with E-state index in [1.165, 1.54) is 6.34 Å². The molecule has 66 valence electrons. The first-order valence-electron chi connectivity index (χ1n) is 3.84. The van der Waals surface area contributed by atoms with Crippen LogP contribution in [0.25, 0.3) is 0 Å². The summed E-state index contributed by atoms with van der Waals surface area (Å²) < 4.78 is 0. The Labute approximate surface area is 77.2 Å². The highest BCUT2D eigenvalue weighted by molar-refractivity contribution is 5.55. The summed E-state index contributed by atoms with van der Waals surface area (Å²) in [4.78, 5) is 9.26. The molecule has 0 spiro atoms. The Bertz CT molecular complexity index is 312. The second-order valence-corrected chi connectivity index (χ2v) is 2.62. The minimum atomic E-state index is 0.707. The third-order valence-corrected chi connectivity index (χ3v) is 1.47. The first-order valence-corrected chi connectivity index (χ1v) is 3.84. The van der Waals surface area contributed by atoms with Gasteiger partial charge in [-0.25, -0.2) is 0 Å². The molecular formula is C9H10N4. The zero-order chi connectivity index (χ0) is 9.52. The molecule has 4 heteroatoms. The van der Waals surface area contributed by atoms with Gasteiger partial charge in [-0.15, -0.1) is 0 Å². The maximum absolute atomic E-state index is 8.19. The molecular weight excluding hydrogens is 164 g/mol. The second kappa shape index (κ2) is 4.88. The summed E-state index contributed by atoms with van der Waals surface area (Å²) in [6.07, 6.45) is 6.71. The Morgan fingerprint density at radius 2 is 2.62 bits per heavy atom. The van der Waals surface area contributed by atoms with Gasteiger partial charge in [0, 0.05) is 26.0 Å². The van der Waals surface area contributed by atoms with Gasteiger partial charge in [-0.3, -0.25) is 4.98 Å². The molecule has 0 aliphatic heterocycles. The van der Waals surface area contributed by atoms with Crippen molar-refractivity contribution in [2.75, 3.05) is 7.05 Å². The van der Waals surface area contributed by atoms with Crippen molar-refractivity contribution in [1.29, 1.82) is 5.26 Å². The first kappa shape index (κ1) is 9.20. The molecule has 4 nitrogen and oxygen atoms in total. The van der Waals surface area contributed by atoms with Crippen LogP contribution in [-0.4, -0.2) is 23.3 Å². The van der Waals surface area contributed by atoms with Crippen molar-refractivity contribution in [3.8, 4) is 6.19 Å². The Morgan fingerprint density at radius 3 is 3.23 bits per heavy atom. The van der Waals surface area contributed by atoms with Gasteiger partial charge >= 0.3 is 0 Å². The van der Waals surface area contributed by atoms with Crippen molar-refractivity contribution in [2.24, 2.45) is 4.99 Å². The van der Waals surface area contributed by atoms with Crippen LogP contribution in [0.4, 0.5) is 0 Å². The Hall–Kier alpha value is -1.89. The smallest absolute Gasteiger partial charge is 0.207 e. The normalized spacial score (nSPS) is 9.85. The maximum Gasteiger partial charge on any atom is 0.207 e. The highest BCUT2D eigenvalue weighted by Crippen LogP contribution is 1.98. The van der Waals surface area contributed by atoms with Gasteiger partial charge in [-0.2, -0.15) is 10.3 Å². The molecule has 0 bridgehead atoms. The lowest BCUT2D eigenvalue weighted by atomic mass is 10.3. The molecule has 0 aromatic carbocycles. The van der Waals surface area contributed by atoms with E-state index in [-0.39, 0.29) is 0 Å². The van der Waals surface area contributed by atoms with E-state index in [0.717, 1.165) is 5.56 Å². The van der Waals surface area contributed by atoms with Crippen molar-refractivity contribution in [2.45, 2.75) is 6.54 Å². The van der Waals surface area contributed by atoms with Gasteiger partial charge in [0.25, 0.3) is 0 Å².